The Balaban J connectivity index is 2.00. The number of amides is 1. The van der Waals surface area contributed by atoms with Crippen LogP contribution in [0.4, 0.5) is 0 Å². The van der Waals surface area contributed by atoms with E-state index in [0.29, 0.717) is 23.5 Å². The molecule has 2 aromatic rings. The lowest BCUT2D eigenvalue weighted by Gasteiger charge is -2.06. The third-order valence-corrected chi connectivity index (χ3v) is 3.29. The first-order chi connectivity index (χ1) is 11.1. The SMILES string of the molecule is CCOc1cc(/C=N/NC(=O)c2ccc(CC)cc2)ccc1O. The monoisotopic (exact) mass is 312 g/mol. The molecule has 0 fully saturated rings. The smallest absolute Gasteiger partial charge is 0.271 e. The molecule has 0 aliphatic carbocycles. The largest absolute Gasteiger partial charge is 0.504 e. The fourth-order valence-corrected chi connectivity index (χ4v) is 2.00. The molecule has 23 heavy (non-hydrogen) atoms. The molecule has 0 unspecified atom stereocenters. The number of carbonyl (C=O) groups is 1. The predicted molar refractivity (Wildman–Crippen MR) is 90.2 cm³/mol. The van der Waals surface area contributed by atoms with Crippen LogP contribution in [0.1, 0.15) is 35.3 Å². The van der Waals surface area contributed by atoms with E-state index in [1.165, 1.54) is 17.8 Å². The molecule has 2 rings (SSSR count). The molecule has 0 aliphatic rings. The van der Waals surface area contributed by atoms with Gasteiger partial charge in [-0.15, -0.1) is 0 Å². The van der Waals surface area contributed by atoms with Gasteiger partial charge < -0.3 is 9.84 Å². The van der Waals surface area contributed by atoms with Crippen LogP contribution in [-0.2, 0) is 6.42 Å². The average molecular weight is 312 g/mol. The van der Waals surface area contributed by atoms with Crippen molar-refractivity contribution < 1.29 is 14.6 Å². The number of hydrazone groups is 1. The number of aryl methyl sites for hydroxylation is 1. The summed E-state index contributed by atoms with van der Waals surface area (Å²) in [5, 5.41) is 13.6. The minimum Gasteiger partial charge on any atom is -0.504 e. The molecular formula is C18H20N2O3. The number of carbonyl (C=O) groups excluding carboxylic acids is 1. The second-order valence-corrected chi connectivity index (χ2v) is 4.91. The van der Waals surface area contributed by atoms with Gasteiger partial charge in [-0.05, 0) is 54.8 Å². The summed E-state index contributed by atoms with van der Waals surface area (Å²) in [5.74, 6) is 0.190. The van der Waals surface area contributed by atoms with E-state index in [4.69, 9.17) is 4.74 Å². The number of phenolic OH excluding ortho intramolecular Hbond substituents is 1. The van der Waals surface area contributed by atoms with Gasteiger partial charge in [-0.25, -0.2) is 5.43 Å². The van der Waals surface area contributed by atoms with E-state index in [1.807, 2.05) is 19.1 Å². The van der Waals surface area contributed by atoms with Crippen molar-refractivity contribution >= 4 is 12.1 Å². The molecule has 0 radical (unpaired) electrons. The molecule has 0 saturated carbocycles. The minimum absolute atomic E-state index is 0.0732. The molecule has 0 aliphatic heterocycles. The minimum atomic E-state index is -0.271. The van der Waals surface area contributed by atoms with Gasteiger partial charge in [0.1, 0.15) is 0 Å². The Morgan fingerprint density at radius 2 is 1.96 bits per heavy atom. The van der Waals surface area contributed by atoms with E-state index in [-0.39, 0.29) is 11.7 Å². The number of hydrogen-bond donors (Lipinski definition) is 2. The molecule has 2 N–H and O–H groups in total. The number of aromatic hydroxyl groups is 1. The molecule has 0 bridgehead atoms. The summed E-state index contributed by atoms with van der Waals surface area (Å²) >= 11 is 0. The lowest BCUT2D eigenvalue weighted by molar-refractivity contribution is 0.0955. The highest BCUT2D eigenvalue weighted by Gasteiger charge is 2.04. The van der Waals surface area contributed by atoms with Gasteiger partial charge in [-0.2, -0.15) is 5.10 Å². The van der Waals surface area contributed by atoms with Gasteiger partial charge in [-0.3, -0.25) is 4.79 Å². The van der Waals surface area contributed by atoms with Crippen LogP contribution in [-0.4, -0.2) is 23.8 Å². The maximum absolute atomic E-state index is 12.0. The number of benzene rings is 2. The van der Waals surface area contributed by atoms with Crippen molar-refractivity contribution in [2.24, 2.45) is 5.10 Å². The molecule has 0 aromatic heterocycles. The van der Waals surface area contributed by atoms with Crippen LogP contribution in [0.15, 0.2) is 47.6 Å². The molecule has 1 amide bonds. The lowest BCUT2D eigenvalue weighted by atomic mass is 10.1. The van der Waals surface area contributed by atoms with E-state index < -0.39 is 0 Å². The van der Waals surface area contributed by atoms with Crippen LogP contribution in [0.2, 0.25) is 0 Å². The molecule has 0 atom stereocenters. The van der Waals surface area contributed by atoms with Crippen LogP contribution in [0.5, 0.6) is 11.5 Å². The van der Waals surface area contributed by atoms with Crippen LogP contribution < -0.4 is 10.2 Å². The van der Waals surface area contributed by atoms with E-state index in [0.717, 1.165) is 6.42 Å². The molecule has 0 heterocycles. The van der Waals surface area contributed by atoms with Crippen molar-refractivity contribution in [1.29, 1.82) is 0 Å². The Morgan fingerprint density at radius 3 is 2.61 bits per heavy atom. The first-order valence-electron chi connectivity index (χ1n) is 7.52. The first kappa shape index (κ1) is 16.5. The van der Waals surface area contributed by atoms with Crippen LogP contribution in [0.25, 0.3) is 0 Å². The molecule has 5 heteroatoms. The van der Waals surface area contributed by atoms with Crippen molar-refractivity contribution in [1.82, 2.24) is 5.43 Å². The number of nitrogens with one attached hydrogen (secondary N) is 1. The summed E-state index contributed by atoms with van der Waals surface area (Å²) in [6.07, 6.45) is 2.43. The summed E-state index contributed by atoms with van der Waals surface area (Å²) < 4.78 is 5.30. The Labute approximate surface area is 135 Å². The average Bonchev–Trinajstić information content (AvgIpc) is 2.58. The Hall–Kier alpha value is -2.82. The third kappa shape index (κ3) is 4.57. The standard InChI is InChI=1S/C18H20N2O3/c1-3-13-5-8-15(9-6-13)18(22)20-19-12-14-7-10-16(21)17(11-14)23-4-2/h5-12,21H,3-4H2,1-2H3,(H,20,22)/b19-12+. The number of nitrogens with zero attached hydrogens (tertiary/aromatic N) is 1. The highest BCUT2D eigenvalue weighted by atomic mass is 16.5. The molecule has 5 nitrogen and oxygen atoms in total. The number of rotatable bonds is 6. The highest BCUT2D eigenvalue weighted by Crippen LogP contribution is 2.26. The summed E-state index contributed by atoms with van der Waals surface area (Å²) in [6.45, 7) is 4.36. The van der Waals surface area contributed by atoms with Crippen LogP contribution in [0.3, 0.4) is 0 Å². The zero-order valence-corrected chi connectivity index (χ0v) is 13.2. The Kier molecular flexibility index (Phi) is 5.74. The first-order valence-corrected chi connectivity index (χ1v) is 7.52. The normalized spacial score (nSPS) is 10.7. The second-order valence-electron chi connectivity index (χ2n) is 4.91. The molecule has 0 spiro atoms. The maximum atomic E-state index is 12.0. The fourth-order valence-electron chi connectivity index (χ4n) is 2.00. The summed E-state index contributed by atoms with van der Waals surface area (Å²) in [6, 6.07) is 12.3. The van der Waals surface area contributed by atoms with Crippen molar-refractivity contribution in [2.75, 3.05) is 6.61 Å². The van der Waals surface area contributed by atoms with Crippen molar-refractivity contribution in [2.45, 2.75) is 20.3 Å². The highest BCUT2D eigenvalue weighted by molar-refractivity contribution is 5.94. The van der Waals surface area contributed by atoms with Gasteiger partial charge in [0.25, 0.3) is 5.91 Å². The van der Waals surface area contributed by atoms with Gasteiger partial charge >= 0.3 is 0 Å². The molecule has 2 aromatic carbocycles. The topological polar surface area (TPSA) is 70.9 Å². The summed E-state index contributed by atoms with van der Waals surface area (Å²) in [5.41, 5.74) is 4.93. The number of phenols is 1. The zero-order chi connectivity index (χ0) is 16.7. The van der Waals surface area contributed by atoms with Crippen molar-refractivity contribution in [3.8, 4) is 11.5 Å². The van der Waals surface area contributed by atoms with E-state index in [9.17, 15) is 9.90 Å². The van der Waals surface area contributed by atoms with Gasteiger partial charge in [0.15, 0.2) is 11.5 Å². The van der Waals surface area contributed by atoms with Crippen molar-refractivity contribution in [3.63, 3.8) is 0 Å². The quantitative estimate of drug-likeness (QED) is 0.636. The number of hydrogen-bond acceptors (Lipinski definition) is 4. The molecule has 120 valence electrons. The third-order valence-electron chi connectivity index (χ3n) is 3.29. The zero-order valence-electron chi connectivity index (χ0n) is 13.2. The van der Waals surface area contributed by atoms with Gasteiger partial charge in [0.2, 0.25) is 0 Å². The van der Waals surface area contributed by atoms with Crippen LogP contribution >= 0.6 is 0 Å². The van der Waals surface area contributed by atoms with Gasteiger partial charge in [0, 0.05) is 5.56 Å². The van der Waals surface area contributed by atoms with Gasteiger partial charge in [0.05, 0.1) is 12.8 Å². The van der Waals surface area contributed by atoms with Gasteiger partial charge in [-0.1, -0.05) is 19.1 Å². The maximum Gasteiger partial charge on any atom is 0.271 e. The Bertz CT molecular complexity index is 694. The van der Waals surface area contributed by atoms with E-state index >= 15 is 0 Å². The predicted octanol–water partition coefficient (Wildman–Crippen LogP) is 3.12. The molecule has 0 saturated heterocycles. The summed E-state index contributed by atoms with van der Waals surface area (Å²) in [7, 11) is 0. The van der Waals surface area contributed by atoms with E-state index in [1.54, 1.807) is 24.3 Å². The second kappa shape index (κ2) is 7.98. The molecular weight excluding hydrogens is 292 g/mol. The van der Waals surface area contributed by atoms with E-state index in [2.05, 4.69) is 17.5 Å². The Morgan fingerprint density at radius 1 is 1.22 bits per heavy atom. The fraction of sp³-hybridized carbons (Fsp3) is 0.222. The van der Waals surface area contributed by atoms with Crippen LogP contribution in [0, 0.1) is 0 Å². The van der Waals surface area contributed by atoms with Crippen molar-refractivity contribution in [3.05, 3.63) is 59.2 Å². The number of ether oxygens (including phenoxy) is 1. The lowest BCUT2D eigenvalue weighted by Crippen LogP contribution is -2.17. The summed E-state index contributed by atoms with van der Waals surface area (Å²) in [4.78, 5) is 12.0.